The number of amides is 4. The first-order chi connectivity index (χ1) is 12.0. The minimum absolute atomic E-state index is 0.00896. The molecule has 0 aromatic carbocycles. The highest BCUT2D eigenvalue weighted by atomic mass is 16.5. The SMILES string of the molecule is CCC(=O)NCCOCCOCCNC(=O)CCN1C(=O)C=CC1=O. The largest absolute Gasteiger partial charge is 0.377 e. The van der Waals surface area contributed by atoms with Crippen LogP contribution in [0.3, 0.4) is 0 Å². The fourth-order valence-electron chi connectivity index (χ4n) is 1.93. The van der Waals surface area contributed by atoms with Crippen molar-refractivity contribution in [3.63, 3.8) is 0 Å². The second kappa shape index (κ2) is 12.2. The summed E-state index contributed by atoms with van der Waals surface area (Å²) in [6.45, 7) is 4.22. The minimum Gasteiger partial charge on any atom is -0.377 e. The van der Waals surface area contributed by atoms with Gasteiger partial charge in [-0.25, -0.2) is 0 Å². The van der Waals surface area contributed by atoms with E-state index in [4.69, 9.17) is 9.47 Å². The van der Waals surface area contributed by atoms with Crippen molar-refractivity contribution in [2.24, 2.45) is 0 Å². The molecule has 1 rings (SSSR count). The lowest BCUT2D eigenvalue weighted by molar-refractivity contribution is -0.137. The third kappa shape index (κ3) is 8.96. The van der Waals surface area contributed by atoms with Gasteiger partial charge in [0.15, 0.2) is 0 Å². The molecular formula is C16H25N3O6. The van der Waals surface area contributed by atoms with Crippen LogP contribution in [0, 0.1) is 0 Å². The van der Waals surface area contributed by atoms with Crippen molar-refractivity contribution in [3.8, 4) is 0 Å². The zero-order chi connectivity index (χ0) is 18.5. The lowest BCUT2D eigenvalue weighted by atomic mass is 10.3. The van der Waals surface area contributed by atoms with Gasteiger partial charge in [0.2, 0.25) is 11.8 Å². The average Bonchev–Trinajstić information content (AvgIpc) is 2.92. The molecule has 0 atom stereocenters. The van der Waals surface area contributed by atoms with E-state index in [0.717, 1.165) is 4.90 Å². The van der Waals surface area contributed by atoms with Crippen molar-refractivity contribution in [3.05, 3.63) is 12.2 Å². The molecule has 0 aromatic heterocycles. The number of carbonyl (C=O) groups is 4. The van der Waals surface area contributed by atoms with Crippen LogP contribution >= 0.6 is 0 Å². The first-order valence-electron chi connectivity index (χ1n) is 8.27. The van der Waals surface area contributed by atoms with Crippen LogP contribution in [0.1, 0.15) is 19.8 Å². The maximum absolute atomic E-state index is 11.6. The van der Waals surface area contributed by atoms with Crippen LogP contribution in [-0.2, 0) is 28.7 Å². The van der Waals surface area contributed by atoms with Gasteiger partial charge in [-0.05, 0) is 0 Å². The Balaban J connectivity index is 1.89. The van der Waals surface area contributed by atoms with E-state index < -0.39 is 11.8 Å². The number of rotatable bonds is 13. The van der Waals surface area contributed by atoms with E-state index in [1.54, 1.807) is 6.92 Å². The highest BCUT2D eigenvalue weighted by molar-refractivity contribution is 6.13. The summed E-state index contributed by atoms with van der Waals surface area (Å²) in [6.07, 6.45) is 2.89. The number of hydrogen-bond acceptors (Lipinski definition) is 6. The maximum Gasteiger partial charge on any atom is 0.253 e. The van der Waals surface area contributed by atoms with Crippen molar-refractivity contribution in [1.82, 2.24) is 15.5 Å². The maximum atomic E-state index is 11.6. The Hall–Kier alpha value is -2.26. The topological polar surface area (TPSA) is 114 Å². The standard InChI is InChI=1S/C16H25N3O6/c1-2-13(20)17-6-9-24-11-12-25-10-7-18-14(21)5-8-19-15(22)3-4-16(19)23/h3-4H,2,5-12H2,1H3,(H,17,20)(H,18,21). The predicted octanol–water partition coefficient (Wildman–Crippen LogP) is -1.02. The zero-order valence-electron chi connectivity index (χ0n) is 14.4. The van der Waals surface area contributed by atoms with Crippen LogP contribution in [0.15, 0.2) is 12.2 Å². The van der Waals surface area contributed by atoms with Crippen LogP contribution in [0.5, 0.6) is 0 Å². The number of carbonyl (C=O) groups excluding carboxylic acids is 4. The van der Waals surface area contributed by atoms with Crippen molar-refractivity contribution in [1.29, 1.82) is 0 Å². The van der Waals surface area contributed by atoms with E-state index in [1.165, 1.54) is 12.2 Å². The Morgan fingerprint density at radius 3 is 1.96 bits per heavy atom. The normalized spacial score (nSPS) is 13.4. The van der Waals surface area contributed by atoms with E-state index in [1.807, 2.05) is 0 Å². The molecule has 25 heavy (non-hydrogen) atoms. The molecule has 0 aliphatic carbocycles. The Morgan fingerprint density at radius 1 is 0.920 bits per heavy atom. The van der Waals surface area contributed by atoms with Gasteiger partial charge in [-0.1, -0.05) is 6.92 Å². The van der Waals surface area contributed by atoms with Gasteiger partial charge in [-0.15, -0.1) is 0 Å². The van der Waals surface area contributed by atoms with Gasteiger partial charge in [0.1, 0.15) is 0 Å². The molecule has 1 aliphatic heterocycles. The summed E-state index contributed by atoms with van der Waals surface area (Å²) in [4.78, 5) is 46.2. The second-order valence-electron chi connectivity index (χ2n) is 5.19. The number of nitrogens with zero attached hydrogens (tertiary/aromatic N) is 1. The van der Waals surface area contributed by atoms with E-state index >= 15 is 0 Å². The van der Waals surface area contributed by atoms with Crippen LogP contribution in [0.25, 0.3) is 0 Å². The van der Waals surface area contributed by atoms with Crippen molar-refractivity contribution in [2.75, 3.05) is 46.1 Å². The van der Waals surface area contributed by atoms with Gasteiger partial charge in [0, 0.05) is 44.6 Å². The van der Waals surface area contributed by atoms with Gasteiger partial charge in [-0.2, -0.15) is 0 Å². The molecule has 0 saturated carbocycles. The molecule has 0 unspecified atom stereocenters. The van der Waals surface area contributed by atoms with E-state index in [-0.39, 0.29) is 24.8 Å². The Morgan fingerprint density at radius 2 is 1.44 bits per heavy atom. The van der Waals surface area contributed by atoms with Crippen molar-refractivity contribution >= 4 is 23.6 Å². The molecule has 0 bridgehead atoms. The molecule has 4 amide bonds. The third-order valence-electron chi connectivity index (χ3n) is 3.29. The smallest absolute Gasteiger partial charge is 0.253 e. The molecule has 0 saturated heterocycles. The fraction of sp³-hybridized carbons (Fsp3) is 0.625. The zero-order valence-corrected chi connectivity index (χ0v) is 14.4. The fourth-order valence-corrected chi connectivity index (χ4v) is 1.93. The van der Waals surface area contributed by atoms with Gasteiger partial charge >= 0.3 is 0 Å². The molecule has 0 radical (unpaired) electrons. The van der Waals surface area contributed by atoms with E-state index in [2.05, 4.69) is 10.6 Å². The Kier molecular flexibility index (Phi) is 10.1. The van der Waals surface area contributed by atoms with Crippen LogP contribution < -0.4 is 10.6 Å². The summed E-state index contributed by atoms with van der Waals surface area (Å²) in [7, 11) is 0. The molecule has 0 aromatic rings. The summed E-state index contributed by atoms with van der Waals surface area (Å²) in [5.74, 6) is -1.05. The molecular weight excluding hydrogens is 330 g/mol. The molecule has 1 aliphatic rings. The molecule has 9 nitrogen and oxygen atoms in total. The molecule has 1 heterocycles. The van der Waals surface area contributed by atoms with Crippen molar-refractivity contribution in [2.45, 2.75) is 19.8 Å². The summed E-state index contributed by atoms with van der Waals surface area (Å²) in [5, 5.41) is 5.34. The Bertz CT molecular complexity index is 488. The lowest BCUT2D eigenvalue weighted by Crippen LogP contribution is -2.35. The number of imide groups is 1. The van der Waals surface area contributed by atoms with Gasteiger partial charge in [0.25, 0.3) is 11.8 Å². The molecule has 140 valence electrons. The highest BCUT2D eigenvalue weighted by Crippen LogP contribution is 2.03. The first-order valence-corrected chi connectivity index (χ1v) is 8.27. The predicted molar refractivity (Wildman–Crippen MR) is 88.4 cm³/mol. The molecule has 9 heteroatoms. The molecule has 2 N–H and O–H groups in total. The van der Waals surface area contributed by atoms with E-state index in [9.17, 15) is 19.2 Å². The summed E-state index contributed by atoms with van der Waals surface area (Å²) in [6, 6.07) is 0. The number of hydrogen-bond donors (Lipinski definition) is 2. The Labute approximate surface area is 146 Å². The van der Waals surface area contributed by atoms with Crippen molar-refractivity contribution < 1.29 is 28.7 Å². The first kappa shape index (κ1) is 20.8. The summed E-state index contributed by atoms with van der Waals surface area (Å²) >= 11 is 0. The second-order valence-corrected chi connectivity index (χ2v) is 5.19. The minimum atomic E-state index is -0.393. The number of nitrogens with one attached hydrogen (secondary N) is 2. The third-order valence-corrected chi connectivity index (χ3v) is 3.29. The summed E-state index contributed by atoms with van der Waals surface area (Å²) in [5.41, 5.74) is 0. The monoisotopic (exact) mass is 355 g/mol. The average molecular weight is 355 g/mol. The molecule has 0 fully saturated rings. The van der Waals surface area contributed by atoms with Gasteiger partial charge in [-0.3, -0.25) is 24.1 Å². The quantitative estimate of drug-likeness (QED) is 0.323. The van der Waals surface area contributed by atoms with Gasteiger partial charge in [0.05, 0.1) is 26.4 Å². The van der Waals surface area contributed by atoms with Gasteiger partial charge < -0.3 is 20.1 Å². The van der Waals surface area contributed by atoms with Crippen LogP contribution in [0.2, 0.25) is 0 Å². The number of ether oxygens (including phenoxy) is 2. The lowest BCUT2D eigenvalue weighted by Gasteiger charge is -2.13. The summed E-state index contributed by atoms with van der Waals surface area (Å²) < 4.78 is 10.6. The molecule has 0 spiro atoms. The highest BCUT2D eigenvalue weighted by Gasteiger charge is 2.23. The van der Waals surface area contributed by atoms with E-state index in [0.29, 0.717) is 45.9 Å². The van der Waals surface area contributed by atoms with Crippen LogP contribution in [-0.4, -0.2) is 74.6 Å². The van der Waals surface area contributed by atoms with Crippen LogP contribution in [0.4, 0.5) is 0 Å².